The standard InChI is InChI=1S/C36H51N3O/c1-8-9-10-11-12-13-15-29-18-24-32(25-19-29)39(35-33(27(2)3)16-14-17-34(35)28(4)5)36(40)37-26-30-20-22-31(23-21-30)38(6)7/h14,16-25,27-28H,8-13,15,26H2,1-7H3,(H,37,40). The maximum absolute atomic E-state index is 14.0. The molecule has 0 bridgehead atoms. The first kappa shape index (κ1) is 31.3. The van der Waals surface area contributed by atoms with E-state index in [2.05, 4.69) is 112 Å². The molecule has 4 heteroatoms. The van der Waals surface area contributed by atoms with Gasteiger partial charge in [-0.3, -0.25) is 4.90 Å². The van der Waals surface area contributed by atoms with Gasteiger partial charge in [-0.2, -0.15) is 0 Å². The fourth-order valence-corrected chi connectivity index (χ4v) is 5.21. The smallest absolute Gasteiger partial charge is 0.326 e. The van der Waals surface area contributed by atoms with Crippen LogP contribution in [-0.4, -0.2) is 20.1 Å². The molecule has 0 heterocycles. The molecule has 3 rings (SSSR count). The number of nitrogens with one attached hydrogen (secondary N) is 1. The summed E-state index contributed by atoms with van der Waals surface area (Å²) in [6.07, 6.45) is 8.87. The number of amides is 2. The van der Waals surface area contributed by atoms with Crippen LogP contribution in [0.3, 0.4) is 0 Å². The molecular weight excluding hydrogens is 490 g/mol. The van der Waals surface area contributed by atoms with E-state index in [1.807, 2.05) is 19.0 Å². The van der Waals surface area contributed by atoms with E-state index >= 15 is 0 Å². The number of anilines is 3. The normalized spacial score (nSPS) is 11.2. The van der Waals surface area contributed by atoms with Gasteiger partial charge >= 0.3 is 6.03 Å². The van der Waals surface area contributed by atoms with Crippen molar-refractivity contribution in [3.63, 3.8) is 0 Å². The number of nitrogens with zero attached hydrogens (tertiary/aromatic N) is 2. The number of benzene rings is 3. The first-order valence-corrected chi connectivity index (χ1v) is 15.3. The summed E-state index contributed by atoms with van der Waals surface area (Å²) in [4.78, 5) is 18.0. The van der Waals surface area contributed by atoms with Gasteiger partial charge < -0.3 is 10.2 Å². The Morgan fingerprint density at radius 2 is 1.23 bits per heavy atom. The van der Waals surface area contributed by atoms with Crippen LogP contribution in [0.5, 0.6) is 0 Å². The lowest BCUT2D eigenvalue weighted by atomic mass is 9.91. The number of carbonyl (C=O) groups is 1. The number of urea groups is 1. The zero-order valence-corrected chi connectivity index (χ0v) is 26.0. The quantitative estimate of drug-likeness (QED) is 0.206. The number of carbonyl (C=O) groups excluding carboxylic acids is 1. The molecule has 3 aromatic carbocycles. The summed E-state index contributed by atoms with van der Waals surface area (Å²) in [5.74, 6) is 0.573. The Labute approximate surface area is 243 Å². The minimum absolute atomic E-state index is 0.102. The SMILES string of the molecule is CCCCCCCCc1ccc(N(C(=O)NCc2ccc(N(C)C)cc2)c2c(C(C)C)cccc2C(C)C)cc1. The lowest BCUT2D eigenvalue weighted by Gasteiger charge is -2.30. The largest absolute Gasteiger partial charge is 0.378 e. The molecule has 4 nitrogen and oxygen atoms in total. The van der Waals surface area contributed by atoms with Crippen molar-refractivity contribution in [2.24, 2.45) is 0 Å². The van der Waals surface area contributed by atoms with Crippen molar-refractivity contribution >= 4 is 23.1 Å². The molecule has 40 heavy (non-hydrogen) atoms. The molecule has 0 saturated carbocycles. The van der Waals surface area contributed by atoms with Gasteiger partial charge in [-0.15, -0.1) is 0 Å². The zero-order chi connectivity index (χ0) is 29.1. The zero-order valence-electron chi connectivity index (χ0n) is 26.0. The molecular formula is C36H51N3O. The number of unbranched alkanes of at least 4 members (excludes halogenated alkanes) is 5. The monoisotopic (exact) mass is 541 g/mol. The Morgan fingerprint density at radius 3 is 1.77 bits per heavy atom. The van der Waals surface area contributed by atoms with Crippen molar-refractivity contribution in [1.82, 2.24) is 5.32 Å². The van der Waals surface area contributed by atoms with Crippen molar-refractivity contribution in [1.29, 1.82) is 0 Å². The predicted molar refractivity (Wildman–Crippen MR) is 173 cm³/mol. The van der Waals surface area contributed by atoms with Gasteiger partial charge in [0.15, 0.2) is 0 Å². The third-order valence-electron chi connectivity index (χ3n) is 7.68. The average molecular weight is 542 g/mol. The van der Waals surface area contributed by atoms with E-state index in [9.17, 15) is 4.79 Å². The van der Waals surface area contributed by atoms with E-state index in [0.717, 1.165) is 29.0 Å². The predicted octanol–water partition coefficient (Wildman–Crippen LogP) is 9.95. The number of aryl methyl sites for hydroxylation is 1. The summed E-state index contributed by atoms with van der Waals surface area (Å²) in [5.41, 5.74) is 7.85. The molecule has 0 aromatic heterocycles. The molecule has 0 aliphatic heterocycles. The molecule has 3 aromatic rings. The molecule has 0 unspecified atom stereocenters. The van der Waals surface area contributed by atoms with Crippen LogP contribution in [0.2, 0.25) is 0 Å². The van der Waals surface area contributed by atoms with Crippen LogP contribution in [0.25, 0.3) is 0 Å². The summed E-state index contributed by atoms with van der Waals surface area (Å²) in [5, 5.41) is 3.22. The Balaban J connectivity index is 1.89. The fraction of sp³-hybridized carbons (Fsp3) is 0.472. The second-order valence-electron chi connectivity index (χ2n) is 11.8. The van der Waals surface area contributed by atoms with E-state index in [0.29, 0.717) is 6.54 Å². The first-order chi connectivity index (χ1) is 19.2. The maximum Gasteiger partial charge on any atom is 0.326 e. The highest BCUT2D eigenvalue weighted by Crippen LogP contribution is 2.39. The molecule has 0 fully saturated rings. The third kappa shape index (κ3) is 8.61. The Kier molecular flexibility index (Phi) is 12.1. The molecule has 1 N–H and O–H groups in total. The molecule has 0 atom stereocenters. The highest BCUT2D eigenvalue weighted by Gasteiger charge is 2.26. The molecule has 0 spiro atoms. The van der Waals surface area contributed by atoms with Gasteiger partial charge in [0.1, 0.15) is 0 Å². The van der Waals surface area contributed by atoms with E-state index < -0.39 is 0 Å². The van der Waals surface area contributed by atoms with Gasteiger partial charge in [0.25, 0.3) is 0 Å². The van der Waals surface area contributed by atoms with E-state index in [1.54, 1.807) is 0 Å². The lowest BCUT2D eigenvalue weighted by molar-refractivity contribution is 0.248. The minimum atomic E-state index is -0.102. The second-order valence-corrected chi connectivity index (χ2v) is 11.8. The summed E-state index contributed by atoms with van der Waals surface area (Å²) in [7, 11) is 4.07. The number of hydrogen-bond acceptors (Lipinski definition) is 2. The Morgan fingerprint density at radius 1 is 0.700 bits per heavy atom. The second kappa shape index (κ2) is 15.5. The highest BCUT2D eigenvalue weighted by atomic mass is 16.2. The van der Waals surface area contributed by atoms with Crippen LogP contribution in [0.15, 0.2) is 66.7 Å². The highest BCUT2D eigenvalue weighted by molar-refractivity contribution is 6.01. The number of rotatable bonds is 14. The van der Waals surface area contributed by atoms with Gasteiger partial charge in [-0.25, -0.2) is 4.79 Å². The lowest BCUT2D eigenvalue weighted by Crippen LogP contribution is -2.37. The van der Waals surface area contributed by atoms with Gasteiger partial charge in [0.05, 0.1) is 11.4 Å². The Bertz CT molecular complexity index is 1150. The maximum atomic E-state index is 14.0. The van der Waals surface area contributed by atoms with E-state index in [4.69, 9.17) is 0 Å². The number of hydrogen-bond donors (Lipinski definition) is 1. The van der Waals surface area contributed by atoms with Gasteiger partial charge in [-0.05, 0) is 71.2 Å². The van der Waals surface area contributed by atoms with E-state index in [-0.39, 0.29) is 17.9 Å². The van der Waals surface area contributed by atoms with Crippen molar-refractivity contribution < 1.29 is 4.79 Å². The van der Waals surface area contributed by atoms with E-state index in [1.165, 1.54) is 55.2 Å². The summed E-state index contributed by atoms with van der Waals surface area (Å²) in [6.45, 7) is 11.5. The van der Waals surface area contributed by atoms with Gasteiger partial charge in [0, 0.05) is 26.3 Å². The molecule has 2 amide bonds. The molecule has 0 aliphatic rings. The summed E-state index contributed by atoms with van der Waals surface area (Å²) >= 11 is 0. The average Bonchev–Trinajstić information content (AvgIpc) is 2.94. The van der Waals surface area contributed by atoms with Crippen molar-refractivity contribution in [3.8, 4) is 0 Å². The molecule has 0 radical (unpaired) electrons. The minimum Gasteiger partial charge on any atom is -0.378 e. The van der Waals surface area contributed by atoms with Crippen molar-refractivity contribution in [2.45, 2.75) is 97.9 Å². The third-order valence-corrected chi connectivity index (χ3v) is 7.68. The van der Waals surface area contributed by atoms with Crippen LogP contribution in [0.1, 0.15) is 107 Å². The fourth-order valence-electron chi connectivity index (χ4n) is 5.21. The molecule has 0 aliphatic carbocycles. The molecule has 216 valence electrons. The molecule has 0 saturated heterocycles. The van der Waals surface area contributed by atoms with Crippen molar-refractivity contribution in [2.75, 3.05) is 23.9 Å². The van der Waals surface area contributed by atoms with Crippen LogP contribution in [-0.2, 0) is 13.0 Å². The van der Waals surface area contributed by atoms with Crippen LogP contribution < -0.4 is 15.1 Å². The van der Waals surface area contributed by atoms with Crippen molar-refractivity contribution in [3.05, 3.63) is 89.0 Å². The van der Waals surface area contributed by atoms with Gasteiger partial charge in [0.2, 0.25) is 0 Å². The Hall–Kier alpha value is -3.27. The van der Waals surface area contributed by atoms with Crippen LogP contribution >= 0.6 is 0 Å². The summed E-state index contributed by atoms with van der Waals surface area (Å²) in [6, 6.07) is 23.4. The first-order valence-electron chi connectivity index (χ1n) is 15.3. The summed E-state index contributed by atoms with van der Waals surface area (Å²) < 4.78 is 0. The van der Waals surface area contributed by atoms with Gasteiger partial charge in [-0.1, -0.05) is 109 Å². The topological polar surface area (TPSA) is 35.6 Å². The van der Waals surface area contributed by atoms with Crippen LogP contribution in [0, 0.1) is 0 Å². The van der Waals surface area contributed by atoms with Crippen LogP contribution in [0.4, 0.5) is 21.9 Å². The number of para-hydroxylation sites is 1.